The predicted octanol–water partition coefficient (Wildman–Crippen LogP) is 3.88. The molecule has 0 radical (unpaired) electrons. The van der Waals surface area contributed by atoms with Gasteiger partial charge in [0.1, 0.15) is 23.1 Å². The Hall–Kier alpha value is -3.02. The van der Waals surface area contributed by atoms with Gasteiger partial charge in [0, 0.05) is 13.1 Å². The molecule has 0 bridgehead atoms. The lowest BCUT2D eigenvalue weighted by Gasteiger charge is -2.47. The highest BCUT2D eigenvalue weighted by Crippen LogP contribution is 2.53. The fourth-order valence-corrected chi connectivity index (χ4v) is 4.94. The van der Waals surface area contributed by atoms with Gasteiger partial charge in [-0.2, -0.15) is 0 Å². The number of piperazine rings is 1. The van der Waals surface area contributed by atoms with E-state index in [0.29, 0.717) is 19.5 Å². The zero-order chi connectivity index (χ0) is 23.0. The van der Waals surface area contributed by atoms with Crippen LogP contribution in [0.2, 0.25) is 0 Å². The van der Waals surface area contributed by atoms with Gasteiger partial charge in [0.05, 0.1) is 14.2 Å². The second-order valence-electron chi connectivity index (χ2n) is 9.27. The summed E-state index contributed by atoms with van der Waals surface area (Å²) in [5.41, 5.74) is 1.25. The first kappa shape index (κ1) is 22.2. The molecule has 1 aliphatic carbocycles. The molecule has 1 spiro atoms. The van der Waals surface area contributed by atoms with Crippen molar-refractivity contribution in [1.82, 2.24) is 9.80 Å². The van der Waals surface area contributed by atoms with Gasteiger partial charge in [-0.25, -0.2) is 0 Å². The third-order valence-corrected chi connectivity index (χ3v) is 6.88. The monoisotopic (exact) mass is 436 g/mol. The number of ether oxygens (including phenoxy) is 2. The van der Waals surface area contributed by atoms with Crippen LogP contribution < -0.4 is 9.47 Å². The average Bonchev–Trinajstić information content (AvgIpc) is 3.47. The van der Waals surface area contributed by atoms with E-state index in [1.165, 1.54) is 0 Å². The highest BCUT2D eigenvalue weighted by atomic mass is 16.5. The highest BCUT2D eigenvalue weighted by Gasteiger charge is 2.68. The van der Waals surface area contributed by atoms with E-state index < -0.39 is 11.6 Å². The number of hydrogen-bond donors (Lipinski definition) is 0. The van der Waals surface area contributed by atoms with E-state index in [2.05, 4.69) is 6.92 Å². The van der Waals surface area contributed by atoms with Gasteiger partial charge in [-0.1, -0.05) is 45.0 Å². The van der Waals surface area contributed by atoms with Crippen molar-refractivity contribution in [2.45, 2.75) is 51.9 Å². The van der Waals surface area contributed by atoms with E-state index in [1.54, 1.807) is 14.2 Å². The molecule has 1 saturated heterocycles. The molecule has 2 aliphatic rings. The standard InChI is InChI=1S/C26H32N2O4/c1-17(2)23-24(29)28(16-20-8-12-22(32-5)13-9-20)26(14-18(26)3)25(30)27(23)15-19-6-10-21(31-4)11-7-19/h6-13,17-18,23H,14-16H2,1-5H3/t18-,23+,26+/m1/s1. The normalized spacial score (nSPS) is 24.9. The molecule has 32 heavy (non-hydrogen) atoms. The molecule has 6 heteroatoms. The third kappa shape index (κ3) is 3.72. The van der Waals surface area contributed by atoms with E-state index in [-0.39, 0.29) is 23.7 Å². The molecule has 2 amide bonds. The first-order valence-electron chi connectivity index (χ1n) is 11.2. The SMILES string of the molecule is COc1ccc(CN2C(=O)[C@@]3(C[C@H]3C)N(Cc3ccc(OC)cc3)C(=O)[C@@H]2C(C)C)cc1. The highest BCUT2D eigenvalue weighted by molar-refractivity contribution is 6.02. The number of carbonyl (C=O) groups is 2. The minimum absolute atomic E-state index is 0.00877. The van der Waals surface area contributed by atoms with Gasteiger partial charge in [0.2, 0.25) is 11.8 Å². The largest absolute Gasteiger partial charge is 0.497 e. The molecule has 1 heterocycles. The second kappa shape index (κ2) is 8.49. The number of methoxy groups -OCH3 is 2. The Morgan fingerprint density at radius 1 is 0.906 bits per heavy atom. The van der Waals surface area contributed by atoms with Crippen LogP contribution in [0.1, 0.15) is 38.3 Å². The van der Waals surface area contributed by atoms with Crippen molar-refractivity contribution >= 4 is 11.8 Å². The summed E-state index contributed by atoms with van der Waals surface area (Å²) in [6, 6.07) is 14.9. The van der Waals surface area contributed by atoms with Crippen LogP contribution in [-0.4, -0.2) is 47.4 Å². The Morgan fingerprint density at radius 2 is 1.38 bits per heavy atom. The molecule has 0 N–H and O–H groups in total. The lowest BCUT2D eigenvalue weighted by molar-refractivity contribution is -0.168. The van der Waals surface area contributed by atoms with Crippen LogP contribution in [0, 0.1) is 11.8 Å². The van der Waals surface area contributed by atoms with Crippen LogP contribution in [0.25, 0.3) is 0 Å². The maximum Gasteiger partial charge on any atom is 0.249 e. The van der Waals surface area contributed by atoms with Gasteiger partial charge in [-0.05, 0) is 53.6 Å². The number of carbonyl (C=O) groups excluding carboxylic acids is 2. The summed E-state index contributed by atoms with van der Waals surface area (Å²) in [6.07, 6.45) is 0.706. The van der Waals surface area contributed by atoms with Crippen LogP contribution in [0.4, 0.5) is 0 Å². The zero-order valence-corrected chi connectivity index (χ0v) is 19.5. The van der Waals surface area contributed by atoms with Crippen molar-refractivity contribution in [2.75, 3.05) is 14.2 Å². The summed E-state index contributed by atoms with van der Waals surface area (Å²) in [4.78, 5) is 31.4. The molecule has 0 unspecified atom stereocenters. The van der Waals surface area contributed by atoms with Crippen LogP contribution >= 0.6 is 0 Å². The summed E-state index contributed by atoms with van der Waals surface area (Å²) in [7, 11) is 3.26. The summed E-state index contributed by atoms with van der Waals surface area (Å²) in [5, 5.41) is 0. The average molecular weight is 437 g/mol. The fraction of sp³-hybridized carbons (Fsp3) is 0.462. The smallest absolute Gasteiger partial charge is 0.249 e. The first-order valence-corrected chi connectivity index (χ1v) is 11.2. The lowest BCUT2D eigenvalue weighted by Crippen LogP contribution is -2.67. The molecule has 6 nitrogen and oxygen atoms in total. The minimum Gasteiger partial charge on any atom is -0.497 e. The van der Waals surface area contributed by atoms with Crippen LogP contribution in [-0.2, 0) is 22.7 Å². The molecule has 2 aromatic carbocycles. The molecule has 3 atom stereocenters. The summed E-state index contributed by atoms with van der Waals surface area (Å²) >= 11 is 0. The Bertz CT molecular complexity index is 986. The molecule has 0 aromatic heterocycles. The van der Waals surface area contributed by atoms with Crippen LogP contribution in [0.3, 0.4) is 0 Å². The van der Waals surface area contributed by atoms with Gasteiger partial charge in [-0.15, -0.1) is 0 Å². The topological polar surface area (TPSA) is 59.1 Å². The summed E-state index contributed by atoms with van der Waals surface area (Å²) in [5.74, 6) is 1.79. The molecule has 4 rings (SSSR count). The third-order valence-electron chi connectivity index (χ3n) is 6.88. The van der Waals surface area contributed by atoms with E-state index in [0.717, 1.165) is 22.6 Å². The number of hydrogen-bond acceptors (Lipinski definition) is 4. The zero-order valence-electron chi connectivity index (χ0n) is 19.5. The number of rotatable bonds is 7. The minimum atomic E-state index is -0.741. The van der Waals surface area contributed by atoms with Gasteiger partial charge in [0.15, 0.2) is 0 Å². The summed E-state index contributed by atoms with van der Waals surface area (Å²) < 4.78 is 10.5. The maximum absolute atomic E-state index is 13.9. The molecule has 2 fully saturated rings. The molecule has 170 valence electrons. The number of benzene rings is 2. The Balaban J connectivity index is 1.65. The van der Waals surface area contributed by atoms with Crippen molar-refractivity contribution in [2.24, 2.45) is 11.8 Å². The van der Waals surface area contributed by atoms with E-state index in [1.807, 2.05) is 72.2 Å². The second-order valence-corrected chi connectivity index (χ2v) is 9.27. The predicted molar refractivity (Wildman–Crippen MR) is 122 cm³/mol. The first-order chi connectivity index (χ1) is 15.3. The molecule has 2 aromatic rings. The van der Waals surface area contributed by atoms with Crippen molar-refractivity contribution in [3.05, 3.63) is 59.7 Å². The fourth-order valence-electron chi connectivity index (χ4n) is 4.94. The molecular weight excluding hydrogens is 404 g/mol. The Kier molecular flexibility index (Phi) is 5.89. The Labute approximate surface area is 190 Å². The van der Waals surface area contributed by atoms with Gasteiger partial charge in [-0.3, -0.25) is 9.59 Å². The van der Waals surface area contributed by atoms with E-state index in [4.69, 9.17) is 9.47 Å². The van der Waals surface area contributed by atoms with Crippen molar-refractivity contribution < 1.29 is 19.1 Å². The molecular formula is C26H32N2O4. The van der Waals surface area contributed by atoms with Gasteiger partial charge in [0.25, 0.3) is 0 Å². The molecule has 1 aliphatic heterocycles. The van der Waals surface area contributed by atoms with Crippen molar-refractivity contribution in [3.63, 3.8) is 0 Å². The maximum atomic E-state index is 13.9. The van der Waals surface area contributed by atoms with Gasteiger partial charge < -0.3 is 19.3 Å². The van der Waals surface area contributed by atoms with Crippen molar-refractivity contribution in [1.29, 1.82) is 0 Å². The van der Waals surface area contributed by atoms with Gasteiger partial charge >= 0.3 is 0 Å². The number of nitrogens with zero attached hydrogens (tertiary/aromatic N) is 2. The van der Waals surface area contributed by atoms with Crippen LogP contribution in [0.15, 0.2) is 48.5 Å². The number of amides is 2. The summed E-state index contributed by atoms with van der Waals surface area (Å²) in [6.45, 7) is 6.93. The lowest BCUT2D eigenvalue weighted by atomic mass is 9.92. The van der Waals surface area contributed by atoms with Crippen molar-refractivity contribution in [3.8, 4) is 11.5 Å². The molecule has 1 saturated carbocycles. The quantitative estimate of drug-likeness (QED) is 0.661. The van der Waals surface area contributed by atoms with E-state index in [9.17, 15) is 9.59 Å². The van der Waals surface area contributed by atoms with E-state index >= 15 is 0 Å². The van der Waals surface area contributed by atoms with Crippen LogP contribution in [0.5, 0.6) is 11.5 Å². The Morgan fingerprint density at radius 3 is 1.78 bits per heavy atom.